The molecule has 6 heteroatoms. The lowest BCUT2D eigenvalue weighted by Gasteiger charge is -2.06. The van der Waals surface area contributed by atoms with Crippen LogP contribution in [0.3, 0.4) is 0 Å². The van der Waals surface area contributed by atoms with Crippen LogP contribution in [0, 0.1) is 0 Å². The number of carbonyl (C=O) groups is 1. The highest BCUT2D eigenvalue weighted by atomic mass is 35.5. The van der Waals surface area contributed by atoms with Crippen LogP contribution in [0.15, 0.2) is 30.3 Å². The number of hydrogen-bond acceptors (Lipinski definition) is 3. The molecule has 1 aromatic carbocycles. The molecule has 0 atom stereocenters. The number of nitrogens with one attached hydrogen (secondary N) is 1. The molecule has 3 rings (SSSR count). The van der Waals surface area contributed by atoms with E-state index in [-0.39, 0.29) is 5.69 Å². The van der Waals surface area contributed by atoms with E-state index in [2.05, 4.69) is 9.97 Å². The molecular weight excluding hydrogens is 299 g/mol. The molecule has 0 fully saturated rings. The van der Waals surface area contributed by atoms with Gasteiger partial charge in [-0.3, -0.25) is 0 Å². The molecule has 2 aromatic heterocycles. The van der Waals surface area contributed by atoms with Crippen LogP contribution in [0.1, 0.15) is 21.0 Å². The van der Waals surface area contributed by atoms with Crippen molar-refractivity contribution >= 4 is 51.0 Å². The molecule has 0 aliphatic heterocycles. The maximum absolute atomic E-state index is 11.7. The third-order valence-corrected chi connectivity index (χ3v) is 3.54. The highest BCUT2D eigenvalue weighted by molar-refractivity contribution is 6.44. The average molecular weight is 309 g/mol. The smallest absolute Gasteiger partial charge is 0.356 e. The Hall–Kier alpha value is -1.78. The highest BCUT2D eigenvalue weighted by Gasteiger charge is 2.19. The van der Waals surface area contributed by atoms with Gasteiger partial charge < -0.3 is 9.72 Å². The van der Waals surface area contributed by atoms with Gasteiger partial charge in [-0.25, -0.2) is 9.78 Å². The van der Waals surface area contributed by atoms with Crippen molar-refractivity contribution in [2.24, 2.45) is 0 Å². The minimum Gasteiger partial charge on any atom is -0.464 e. The predicted octanol–water partition coefficient (Wildman–Crippen LogP) is 3.98. The molecule has 0 saturated heterocycles. The van der Waals surface area contributed by atoms with E-state index >= 15 is 0 Å². The lowest BCUT2D eigenvalue weighted by atomic mass is 10.1. The Kier molecular flexibility index (Phi) is 3.28. The van der Waals surface area contributed by atoms with Gasteiger partial charge >= 0.3 is 5.97 Å². The largest absolute Gasteiger partial charge is 0.464 e. The molecule has 20 heavy (non-hydrogen) atoms. The van der Waals surface area contributed by atoms with E-state index in [0.29, 0.717) is 5.69 Å². The summed E-state index contributed by atoms with van der Waals surface area (Å²) in [7, 11) is 1.31. The molecule has 2 heterocycles. The summed E-state index contributed by atoms with van der Waals surface area (Å²) in [4.78, 5) is 18.3. The van der Waals surface area contributed by atoms with Crippen molar-refractivity contribution in [1.82, 2.24) is 9.97 Å². The number of rotatable bonds is 2. The molecule has 1 N–H and O–H groups in total. The second kappa shape index (κ2) is 4.96. The van der Waals surface area contributed by atoms with E-state index in [1.165, 1.54) is 7.11 Å². The van der Waals surface area contributed by atoms with E-state index in [1.54, 1.807) is 6.07 Å². The zero-order valence-electron chi connectivity index (χ0n) is 10.5. The van der Waals surface area contributed by atoms with E-state index in [0.717, 1.165) is 21.8 Å². The van der Waals surface area contributed by atoms with Gasteiger partial charge in [0.15, 0.2) is 4.84 Å². The zero-order valence-corrected chi connectivity index (χ0v) is 12.0. The number of aromatic nitrogens is 2. The fraction of sp³-hybridized carbons (Fsp3) is 0.143. The molecule has 0 radical (unpaired) electrons. The lowest BCUT2D eigenvalue weighted by Crippen LogP contribution is -2.06. The fourth-order valence-electron chi connectivity index (χ4n) is 2.24. The summed E-state index contributed by atoms with van der Waals surface area (Å²) in [6.45, 7) is 0. The van der Waals surface area contributed by atoms with Gasteiger partial charge in [0.05, 0.1) is 18.3 Å². The van der Waals surface area contributed by atoms with E-state index in [9.17, 15) is 4.79 Å². The second-order valence-corrected chi connectivity index (χ2v) is 5.37. The zero-order chi connectivity index (χ0) is 14.3. The van der Waals surface area contributed by atoms with Crippen LogP contribution < -0.4 is 0 Å². The van der Waals surface area contributed by atoms with E-state index in [4.69, 9.17) is 27.9 Å². The van der Waals surface area contributed by atoms with Crippen molar-refractivity contribution in [2.75, 3.05) is 7.11 Å². The number of benzene rings is 1. The van der Waals surface area contributed by atoms with E-state index in [1.807, 2.05) is 24.3 Å². The summed E-state index contributed by atoms with van der Waals surface area (Å²) in [5, 5.41) is 1.82. The number of pyridine rings is 1. The van der Waals surface area contributed by atoms with Crippen LogP contribution in [0.25, 0.3) is 21.8 Å². The van der Waals surface area contributed by atoms with Crippen molar-refractivity contribution in [1.29, 1.82) is 0 Å². The van der Waals surface area contributed by atoms with Crippen LogP contribution in [-0.2, 0) is 4.74 Å². The number of halogens is 2. The minimum atomic E-state index is -0.838. The lowest BCUT2D eigenvalue weighted by molar-refractivity contribution is 0.0594. The monoisotopic (exact) mass is 308 g/mol. The van der Waals surface area contributed by atoms with Gasteiger partial charge in [-0.05, 0) is 12.1 Å². The quantitative estimate of drug-likeness (QED) is 0.575. The van der Waals surface area contributed by atoms with Crippen LogP contribution >= 0.6 is 23.2 Å². The van der Waals surface area contributed by atoms with Gasteiger partial charge in [-0.2, -0.15) is 0 Å². The summed E-state index contributed by atoms with van der Waals surface area (Å²) >= 11 is 11.9. The fourth-order valence-corrected chi connectivity index (χ4v) is 2.55. The summed E-state index contributed by atoms with van der Waals surface area (Å²) < 4.78 is 4.71. The van der Waals surface area contributed by atoms with Gasteiger partial charge in [-0.15, -0.1) is 0 Å². The Morgan fingerprint density at radius 1 is 1.30 bits per heavy atom. The Morgan fingerprint density at radius 2 is 2.05 bits per heavy atom. The number of esters is 1. The number of ether oxygens (including phenoxy) is 1. The maximum Gasteiger partial charge on any atom is 0.356 e. The maximum atomic E-state index is 11.7. The number of hydrogen-bond donors (Lipinski definition) is 1. The predicted molar refractivity (Wildman–Crippen MR) is 79.4 cm³/mol. The van der Waals surface area contributed by atoms with Crippen LogP contribution in [0.5, 0.6) is 0 Å². The van der Waals surface area contributed by atoms with Crippen LogP contribution in [0.4, 0.5) is 0 Å². The van der Waals surface area contributed by atoms with Gasteiger partial charge in [0, 0.05) is 16.3 Å². The van der Waals surface area contributed by atoms with Crippen LogP contribution in [-0.4, -0.2) is 23.0 Å². The molecule has 102 valence electrons. The topological polar surface area (TPSA) is 55.0 Å². The normalized spacial score (nSPS) is 11.4. The van der Waals surface area contributed by atoms with Crippen molar-refractivity contribution in [3.05, 3.63) is 41.7 Å². The van der Waals surface area contributed by atoms with Crippen molar-refractivity contribution < 1.29 is 9.53 Å². The molecule has 0 bridgehead atoms. The molecule has 0 unspecified atom stereocenters. The number of fused-ring (bicyclic) bond motifs is 3. The second-order valence-electron chi connectivity index (χ2n) is 4.28. The number of alkyl halides is 2. The number of carbonyl (C=O) groups excluding carboxylic acids is 1. The van der Waals surface area contributed by atoms with Crippen molar-refractivity contribution in [2.45, 2.75) is 4.84 Å². The van der Waals surface area contributed by atoms with Gasteiger partial charge in [-0.1, -0.05) is 41.4 Å². The number of methoxy groups -OCH3 is 1. The molecule has 3 aromatic rings. The molecule has 0 aliphatic carbocycles. The van der Waals surface area contributed by atoms with Gasteiger partial charge in [0.25, 0.3) is 0 Å². The summed E-state index contributed by atoms with van der Waals surface area (Å²) in [5.74, 6) is -0.521. The number of para-hydroxylation sites is 1. The van der Waals surface area contributed by atoms with E-state index < -0.39 is 10.8 Å². The SMILES string of the molecule is COC(=O)c1cc2c([nH]c3ccccc32)c(C(Cl)Cl)n1. The molecule has 0 spiro atoms. The van der Waals surface area contributed by atoms with Crippen molar-refractivity contribution in [3.8, 4) is 0 Å². The molecule has 4 nitrogen and oxygen atoms in total. The van der Waals surface area contributed by atoms with Crippen LogP contribution in [0.2, 0.25) is 0 Å². The molecule has 0 amide bonds. The third kappa shape index (κ3) is 2.01. The molecular formula is C14H10Cl2N2O2. The molecule has 0 aliphatic rings. The van der Waals surface area contributed by atoms with Crippen molar-refractivity contribution in [3.63, 3.8) is 0 Å². The first-order chi connectivity index (χ1) is 9.61. The van der Waals surface area contributed by atoms with Gasteiger partial charge in [0.2, 0.25) is 0 Å². The Balaban J connectivity index is 2.42. The molecule has 0 saturated carbocycles. The third-order valence-electron chi connectivity index (χ3n) is 3.13. The first kappa shape index (κ1) is 13.2. The summed E-state index contributed by atoms with van der Waals surface area (Å²) in [6.07, 6.45) is 0. The van der Waals surface area contributed by atoms with Gasteiger partial charge in [0.1, 0.15) is 5.69 Å². The standard InChI is InChI=1S/C14H10Cl2N2O2/c1-20-14(19)10-6-8-7-4-2-3-5-9(7)17-11(8)12(18-10)13(15)16/h2-6,13,17H,1H3. The average Bonchev–Trinajstić information content (AvgIpc) is 2.83. The number of aromatic amines is 1. The Morgan fingerprint density at radius 3 is 2.75 bits per heavy atom. The summed E-state index contributed by atoms with van der Waals surface area (Å²) in [6, 6.07) is 9.42. The first-order valence-electron chi connectivity index (χ1n) is 5.89. The Bertz CT molecular complexity index is 811. The first-order valence-corrected chi connectivity index (χ1v) is 6.77. The minimum absolute atomic E-state index is 0.186. The summed E-state index contributed by atoms with van der Waals surface area (Å²) in [5.41, 5.74) is 2.27. The number of nitrogens with zero attached hydrogens (tertiary/aromatic N) is 1. The Labute approximate surface area is 124 Å². The number of H-pyrrole nitrogens is 1. The highest BCUT2D eigenvalue weighted by Crippen LogP contribution is 2.34.